The van der Waals surface area contributed by atoms with Gasteiger partial charge in [-0.15, -0.1) is 0 Å². The molecule has 0 N–H and O–H groups in total. The van der Waals surface area contributed by atoms with Crippen molar-refractivity contribution in [2.24, 2.45) is 11.8 Å². The summed E-state index contributed by atoms with van der Waals surface area (Å²) in [5.41, 5.74) is 0. The maximum atomic E-state index is 12.2. The summed E-state index contributed by atoms with van der Waals surface area (Å²) in [6, 6.07) is 0. The van der Waals surface area contributed by atoms with Crippen molar-refractivity contribution in [3.05, 3.63) is 0 Å². The Balaban J connectivity index is 2.00. The average molecular weight is 324 g/mol. The van der Waals surface area contributed by atoms with E-state index in [1.165, 1.54) is 0 Å². The first-order chi connectivity index (χ1) is 6.39. The molecule has 2 saturated carbocycles. The monoisotopic (exact) mass is 322 g/mol. The van der Waals surface area contributed by atoms with E-state index in [1.807, 2.05) is 0 Å². The van der Waals surface area contributed by atoms with E-state index in [0.717, 1.165) is 25.7 Å². The molecule has 2 fully saturated rings. The summed E-state index contributed by atoms with van der Waals surface area (Å²) < 4.78 is 0.299. The highest BCUT2D eigenvalue weighted by atomic mass is 79.9. The van der Waals surface area contributed by atoms with Crippen LogP contribution in [0.5, 0.6) is 0 Å². The minimum atomic E-state index is 0.149. The zero-order valence-corrected chi connectivity index (χ0v) is 11.8. The third-order valence-corrected chi connectivity index (χ3v) is 6.82. The van der Waals surface area contributed by atoms with Crippen LogP contribution in [0.1, 0.15) is 39.5 Å². The van der Waals surface area contributed by atoms with E-state index in [9.17, 15) is 4.79 Å². The van der Waals surface area contributed by atoms with Crippen LogP contribution in [0.15, 0.2) is 0 Å². The first kappa shape index (κ1) is 11.1. The Morgan fingerprint density at radius 1 is 1.00 bits per heavy atom. The molecule has 2 unspecified atom stereocenters. The van der Waals surface area contributed by atoms with Crippen molar-refractivity contribution in [2.45, 2.75) is 48.2 Å². The van der Waals surface area contributed by atoms with Gasteiger partial charge in [-0.1, -0.05) is 45.7 Å². The van der Waals surface area contributed by atoms with Gasteiger partial charge in [-0.05, 0) is 25.7 Å². The lowest BCUT2D eigenvalue weighted by molar-refractivity contribution is -0.126. The van der Waals surface area contributed by atoms with Gasteiger partial charge in [0.1, 0.15) is 5.78 Å². The summed E-state index contributed by atoms with van der Waals surface area (Å²) in [4.78, 5) is 12.2. The van der Waals surface area contributed by atoms with Gasteiger partial charge in [-0.3, -0.25) is 4.79 Å². The van der Waals surface area contributed by atoms with Crippen molar-refractivity contribution in [2.75, 3.05) is 0 Å². The first-order valence-electron chi connectivity index (χ1n) is 5.31. The normalized spacial score (nSPS) is 30.6. The van der Waals surface area contributed by atoms with Gasteiger partial charge in [0.15, 0.2) is 0 Å². The molecule has 0 aromatic carbocycles. The van der Waals surface area contributed by atoms with Gasteiger partial charge < -0.3 is 0 Å². The summed E-state index contributed by atoms with van der Waals surface area (Å²) in [7, 11) is 0. The van der Waals surface area contributed by atoms with E-state index >= 15 is 0 Å². The van der Waals surface area contributed by atoms with E-state index in [2.05, 4.69) is 45.7 Å². The number of hydrogen-bond donors (Lipinski definition) is 0. The van der Waals surface area contributed by atoms with E-state index in [-0.39, 0.29) is 20.5 Å². The standard InChI is InChI=1S/C11H16Br2O/c1-7(10(12)3-4-10)9(14)8(2)11(13)5-6-11/h7-8H,3-6H2,1-2H3. The smallest absolute Gasteiger partial charge is 0.141 e. The molecule has 3 heteroatoms. The lowest BCUT2D eigenvalue weighted by Gasteiger charge is -2.23. The van der Waals surface area contributed by atoms with Crippen LogP contribution in [0.4, 0.5) is 0 Å². The molecule has 80 valence electrons. The molecule has 14 heavy (non-hydrogen) atoms. The van der Waals surface area contributed by atoms with Crippen LogP contribution in [0.25, 0.3) is 0 Å². The molecule has 1 nitrogen and oxygen atoms in total. The Hall–Kier alpha value is 0.630. The third kappa shape index (κ3) is 1.82. The topological polar surface area (TPSA) is 17.1 Å². The molecule has 2 atom stereocenters. The second kappa shape index (κ2) is 3.31. The number of alkyl halides is 2. The molecule has 0 bridgehead atoms. The summed E-state index contributed by atoms with van der Waals surface area (Å²) in [6.45, 7) is 4.14. The summed E-state index contributed by atoms with van der Waals surface area (Å²) >= 11 is 7.35. The second-order valence-corrected chi connectivity index (χ2v) is 8.07. The van der Waals surface area contributed by atoms with Crippen LogP contribution in [0.3, 0.4) is 0 Å². The fraction of sp³-hybridized carbons (Fsp3) is 0.909. The van der Waals surface area contributed by atoms with Crippen molar-refractivity contribution in [3.63, 3.8) is 0 Å². The van der Waals surface area contributed by atoms with Crippen molar-refractivity contribution in [3.8, 4) is 0 Å². The molecule has 2 aliphatic carbocycles. The average Bonchev–Trinajstić information content (AvgIpc) is 3.03. The van der Waals surface area contributed by atoms with E-state index < -0.39 is 0 Å². The zero-order chi connectivity index (χ0) is 10.6. The SMILES string of the molecule is CC(C(=O)C(C)C1(Br)CC1)C1(Br)CC1. The van der Waals surface area contributed by atoms with Gasteiger partial charge in [-0.2, -0.15) is 0 Å². The summed E-state index contributed by atoms with van der Waals surface area (Å²) in [5.74, 6) is 0.772. The highest BCUT2D eigenvalue weighted by Crippen LogP contribution is 2.55. The quantitative estimate of drug-likeness (QED) is 0.721. The van der Waals surface area contributed by atoms with E-state index in [1.54, 1.807) is 0 Å². The van der Waals surface area contributed by atoms with Gasteiger partial charge in [0.2, 0.25) is 0 Å². The molecule has 0 spiro atoms. The Morgan fingerprint density at radius 3 is 1.50 bits per heavy atom. The minimum Gasteiger partial charge on any atom is -0.299 e. The molecule has 2 aliphatic rings. The molecule has 2 rings (SSSR count). The van der Waals surface area contributed by atoms with Crippen LogP contribution in [0, 0.1) is 11.8 Å². The van der Waals surface area contributed by atoms with Crippen molar-refractivity contribution in [1.82, 2.24) is 0 Å². The van der Waals surface area contributed by atoms with Crippen LogP contribution in [-0.4, -0.2) is 14.4 Å². The molecular weight excluding hydrogens is 308 g/mol. The highest BCUT2D eigenvalue weighted by Gasteiger charge is 2.54. The predicted molar refractivity (Wildman–Crippen MR) is 65.1 cm³/mol. The third-order valence-electron chi connectivity index (χ3n) is 3.86. The van der Waals surface area contributed by atoms with Gasteiger partial charge in [-0.25, -0.2) is 0 Å². The van der Waals surface area contributed by atoms with Crippen molar-refractivity contribution in [1.29, 1.82) is 0 Å². The molecular formula is C11H16Br2O. The molecule has 0 heterocycles. The molecule has 0 aromatic heterocycles. The number of carbonyl (C=O) groups excluding carboxylic acids is 1. The van der Waals surface area contributed by atoms with E-state index in [4.69, 9.17) is 0 Å². The Bertz CT molecular complexity index is 240. The number of carbonyl (C=O) groups is 1. The molecule has 0 aliphatic heterocycles. The highest BCUT2D eigenvalue weighted by molar-refractivity contribution is 9.10. The lowest BCUT2D eigenvalue weighted by Crippen LogP contribution is -2.32. The Labute approximate surface area is 102 Å². The number of Topliss-reactive ketones (excluding diaryl/α,β-unsaturated/α-hetero) is 1. The fourth-order valence-electron chi connectivity index (χ4n) is 1.99. The maximum absolute atomic E-state index is 12.2. The van der Waals surface area contributed by atoms with Crippen LogP contribution >= 0.6 is 31.9 Å². The van der Waals surface area contributed by atoms with Gasteiger partial charge in [0.05, 0.1) is 0 Å². The van der Waals surface area contributed by atoms with Crippen molar-refractivity contribution >= 4 is 37.6 Å². The minimum absolute atomic E-state index is 0.149. The second-order valence-electron chi connectivity index (χ2n) is 4.91. The fourth-order valence-corrected chi connectivity index (χ4v) is 2.84. The molecule has 0 saturated heterocycles. The maximum Gasteiger partial charge on any atom is 0.141 e. The van der Waals surface area contributed by atoms with E-state index in [0.29, 0.717) is 5.78 Å². The number of halogens is 2. The van der Waals surface area contributed by atoms with Crippen LogP contribution in [0.2, 0.25) is 0 Å². The molecule has 0 aromatic rings. The molecule has 0 radical (unpaired) electrons. The van der Waals surface area contributed by atoms with Crippen molar-refractivity contribution < 1.29 is 4.79 Å². The Kier molecular flexibility index (Phi) is 2.63. The number of hydrogen-bond acceptors (Lipinski definition) is 1. The Morgan fingerprint density at radius 2 is 1.29 bits per heavy atom. The molecule has 0 amide bonds. The van der Waals surface area contributed by atoms with Crippen LogP contribution < -0.4 is 0 Å². The first-order valence-corrected chi connectivity index (χ1v) is 6.89. The number of rotatable bonds is 4. The summed E-state index contributed by atoms with van der Waals surface area (Å²) in [6.07, 6.45) is 4.62. The lowest BCUT2D eigenvalue weighted by atomic mass is 9.89. The zero-order valence-electron chi connectivity index (χ0n) is 8.65. The largest absolute Gasteiger partial charge is 0.299 e. The van der Waals surface area contributed by atoms with Gasteiger partial charge >= 0.3 is 0 Å². The summed E-state index contributed by atoms with van der Waals surface area (Å²) in [5, 5.41) is 0. The number of ketones is 1. The van der Waals surface area contributed by atoms with Gasteiger partial charge in [0, 0.05) is 20.5 Å². The van der Waals surface area contributed by atoms with Gasteiger partial charge in [0.25, 0.3) is 0 Å². The van der Waals surface area contributed by atoms with Crippen LogP contribution in [-0.2, 0) is 4.79 Å². The predicted octanol–water partition coefficient (Wildman–Crippen LogP) is 3.68.